The molecule has 0 fully saturated rings. The van der Waals surface area contributed by atoms with Crippen LogP contribution in [0.1, 0.15) is 78.9 Å². The largest absolute Gasteiger partial charge is 0.481 e. The zero-order valence-corrected chi connectivity index (χ0v) is 67.1. The fourth-order valence-corrected chi connectivity index (χ4v) is 11.0. The Morgan fingerprint density at radius 3 is 0.915 bits per heavy atom. The Morgan fingerprint density at radius 1 is 0.364 bits per heavy atom. The van der Waals surface area contributed by atoms with Crippen LogP contribution in [0.5, 0.6) is 5.75 Å². The topological polar surface area (TPSA) is 373 Å². The predicted molar refractivity (Wildman–Crippen MR) is 442 cm³/mol. The second-order valence-corrected chi connectivity index (χ2v) is 27.0. The van der Waals surface area contributed by atoms with Crippen LogP contribution in [0.15, 0.2) is 201 Å². The molecule has 0 aliphatic rings. The van der Waals surface area contributed by atoms with Gasteiger partial charge in [-0.25, -0.2) is 63.0 Å². The van der Waals surface area contributed by atoms with Gasteiger partial charge in [-0.05, 0) is 118 Å². The van der Waals surface area contributed by atoms with Crippen LogP contribution in [-0.4, -0.2) is 165 Å². The van der Waals surface area contributed by atoms with E-state index in [4.69, 9.17) is 39.3 Å². The molecule has 0 unspecified atom stereocenters. The number of esters is 3. The number of amides is 3. The summed E-state index contributed by atoms with van der Waals surface area (Å²) in [5.41, 5.74) is 16.2. The first-order valence-corrected chi connectivity index (χ1v) is 36.6. The molecule has 3 amide bonds. The number of carbonyl (C=O) groups is 7. The molecule has 11 rings (SSSR count). The lowest BCUT2D eigenvalue weighted by atomic mass is 10.1. The minimum Gasteiger partial charge on any atom is -0.481 e. The molecule has 4 aromatic heterocycles. The zero-order chi connectivity index (χ0) is 85.2. The summed E-state index contributed by atoms with van der Waals surface area (Å²) in [5, 5.41) is 17.0. The number of rotatable bonds is 28. The molecule has 614 valence electrons. The summed E-state index contributed by atoms with van der Waals surface area (Å²) in [6.45, 7) is 0.0787. The number of carboxylic acids is 1. The maximum absolute atomic E-state index is 12.9. The Bertz CT molecular complexity index is 5150. The van der Waals surface area contributed by atoms with Gasteiger partial charge >= 0.3 is 42.2 Å². The van der Waals surface area contributed by atoms with E-state index in [0.717, 1.165) is 39.3 Å². The van der Waals surface area contributed by atoms with E-state index in [2.05, 4.69) is 55.8 Å². The van der Waals surface area contributed by atoms with Crippen LogP contribution >= 0.6 is 0 Å². The molecule has 0 aliphatic heterocycles. The number of nitrogen functional groups attached to an aromatic ring is 1. The SMILES string of the molecule is CN(C)c1nc(Cc2ccc(NC(=O)OCc3ccc(F)cc3)cc2)ncc1CC(=O)O.COC(=O)Cc1cnc(Cc2ccc(N)cc2)nc1N(C)C.COC(=O)Cc1cnc(Cc2ccc(NC(=O)OCc3ccc(F)cc3)cc2)nc1N(C)C.COC(=O)Cc1cnc(Cc2ccc(NC(=O)Oc3ccccc3)cc2)nc1N(C)C. The molecule has 0 bridgehead atoms. The highest BCUT2D eigenvalue weighted by Gasteiger charge is 2.20. The lowest BCUT2D eigenvalue weighted by Crippen LogP contribution is -2.17. The number of carbonyl (C=O) groups excluding carboxylic acids is 6. The number of hydrogen-bond donors (Lipinski definition) is 5. The van der Waals surface area contributed by atoms with E-state index < -0.39 is 24.2 Å². The first-order chi connectivity index (χ1) is 56.6. The Labute approximate surface area is 681 Å². The molecule has 7 aromatic carbocycles. The van der Waals surface area contributed by atoms with Crippen molar-refractivity contribution in [3.8, 4) is 5.75 Å². The van der Waals surface area contributed by atoms with E-state index in [9.17, 15) is 42.3 Å². The van der Waals surface area contributed by atoms with E-state index in [-0.39, 0.29) is 68.4 Å². The van der Waals surface area contributed by atoms with Crippen LogP contribution in [0, 0.1) is 11.6 Å². The number of hydrogen-bond acceptors (Lipinski definition) is 26. The number of nitrogens with one attached hydrogen (secondary N) is 3. The minimum atomic E-state index is -0.941. The number of aliphatic carboxylic acids is 1. The molecule has 0 atom stereocenters. The lowest BCUT2D eigenvalue weighted by molar-refractivity contribution is -0.140. The molecule has 0 spiro atoms. The smallest absolute Gasteiger partial charge is 0.417 e. The summed E-state index contributed by atoms with van der Waals surface area (Å²) in [6, 6.07) is 49.7. The molecule has 32 heteroatoms. The highest BCUT2D eigenvalue weighted by molar-refractivity contribution is 5.87. The summed E-state index contributed by atoms with van der Waals surface area (Å²) < 4.78 is 55.5. The second-order valence-electron chi connectivity index (χ2n) is 27.0. The van der Waals surface area contributed by atoms with Gasteiger partial charge in [0.25, 0.3) is 0 Å². The quantitative estimate of drug-likeness (QED) is 0.0173. The number of benzene rings is 7. The van der Waals surface area contributed by atoms with Gasteiger partial charge in [0, 0.05) is 152 Å². The molecular formula is C86H92F2N16O14. The third kappa shape index (κ3) is 29.7. The second kappa shape index (κ2) is 44.8. The standard InChI is InChI=1S/C24H25FN4O4.C23H23FN4O4.C23H24N4O4.C16H20N4O2/c1-29(2)23-18(13-22(30)32-3)14-26-21(28-23)12-16-6-10-20(11-7-16)27-24(31)33-15-17-4-8-19(25)9-5-17;1-28(2)22-17(12-21(29)30)13-25-20(27-22)11-15-5-9-19(10-6-15)26-23(31)32-14-16-3-7-18(24)8-4-16;1-27(2)22-17(14-21(28)30-3)15-24-20(26-22)13-16-9-11-18(12-10-16)25-23(29)31-19-7-5-4-6-8-19;1-20(2)16-12(9-15(21)22-3)10-18-14(19-16)8-11-4-6-13(17)7-5-11/h4-11,14H,12-13,15H2,1-3H3,(H,27,31);3-10,13H,11-12,14H2,1-2H3,(H,26,31)(H,29,30);4-12,15H,13-14H2,1-3H3,(H,25,29);4-7,10H,8-9,17H2,1-3H3. The van der Waals surface area contributed by atoms with E-state index in [0.29, 0.717) is 117 Å². The van der Waals surface area contributed by atoms with Gasteiger partial charge in [0.05, 0.1) is 47.0 Å². The van der Waals surface area contributed by atoms with Crippen molar-refractivity contribution < 1.29 is 75.9 Å². The van der Waals surface area contributed by atoms with Crippen LogP contribution in [0.25, 0.3) is 0 Å². The highest BCUT2D eigenvalue weighted by atomic mass is 19.1. The predicted octanol–water partition coefficient (Wildman–Crippen LogP) is 12.3. The number of anilines is 8. The van der Waals surface area contributed by atoms with Crippen LogP contribution < -0.4 is 46.0 Å². The molecule has 0 aliphatic carbocycles. The zero-order valence-electron chi connectivity index (χ0n) is 67.1. The van der Waals surface area contributed by atoms with Gasteiger partial charge < -0.3 is 58.9 Å². The van der Waals surface area contributed by atoms with Crippen molar-refractivity contribution >= 4 is 88.2 Å². The van der Waals surface area contributed by atoms with Gasteiger partial charge in [0.1, 0.15) is 77.2 Å². The number of ether oxygens (including phenoxy) is 6. The Morgan fingerprint density at radius 2 is 0.636 bits per heavy atom. The van der Waals surface area contributed by atoms with Gasteiger partial charge in [-0.1, -0.05) is 91.0 Å². The van der Waals surface area contributed by atoms with E-state index in [1.54, 1.807) is 129 Å². The van der Waals surface area contributed by atoms with Crippen molar-refractivity contribution in [3.63, 3.8) is 0 Å². The van der Waals surface area contributed by atoms with Crippen molar-refractivity contribution in [1.29, 1.82) is 0 Å². The number of nitrogens with zero attached hydrogens (tertiary/aromatic N) is 12. The summed E-state index contributed by atoms with van der Waals surface area (Å²) in [7, 11) is 18.9. The van der Waals surface area contributed by atoms with E-state index in [1.165, 1.54) is 45.6 Å². The molecular weight excluding hydrogens is 1520 g/mol. The molecule has 4 heterocycles. The average Bonchev–Trinajstić information content (AvgIpc) is 0.845. The fraction of sp³-hybridized carbons (Fsp3) is 0.244. The molecule has 30 nitrogen and oxygen atoms in total. The number of para-hydroxylation sites is 1. The number of methoxy groups -OCH3 is 3. The van der Waals surface area contributed by atoms with Gasteiger partial charge in [-0.3, -0.25) is 35.1 Å². The molecule has 0 saturated carbocycles. The monoisotopic (exact) mass is 1610 g/mol. The van der Waals surface area contributed by atoms with Crippen LogP contribution in [0.3, 0.4) is 0 Å². The minimum absolute atomic E-state index is 0.0353. The Kier molecular flexibility index (Phi) is 33.7. The van der Waals surface area contributed by atoms with Crippen molar-refractivity contribution in [2.24, 2.45) is 0 Å². The molecule has 0 radical (unpaired) electrons. The van der Waals surface area contributed by atoms with Gasteiger partial charge in [0.15, 0.2) is 0 Å². The highest BCUT2D eigenvalue weighted by Crippen LogP contribution is 2.25. The number of aromatic nitrogens is 8. The summed E-state index contributed by atoms with van der Waals surface area (Å²) in [6.07, 6.45) is 7.02. The Balaban J connectivity index is 0.000000198. The normalized spacial score (nSPS) is 10.4. The maximum Gasteiger partial charge on any atom is 0.417 e. The van der Waals surface area contributed by atoms with Crippen molar-refractivity contribution in [2.75, 3.05) is 119 Å². The van der Waals surface area contributed by atoms with Gasteiger partial charge in [-0.2, -0.15) is 0 Å². The maximum atomic E-state index is 12.9. The molecule has 6 N–H and O–H groups in total. The fourth-order valence-electron chi connectivity index (χ4n) is 11.0. The van der Waals surface area contributed by atoms with E-state index >= 15 is 0 Å². The van der Waals surface area contributed by atoms with Crippen molar-refractivity contribution in [3.05, 3.63) is 291 Å². The van der Waals surface area contributed by atoms with Crippen LogP contribution in [-0.2, 0) is 107 Å². The van der Waals surface area contributed by atoms with Crippen molar-refractivity contribution in [2.45, 2.75) is 64.6 Å². The number of carboxylic acid groups (broad SMARTS) is 1. The molecule has 11 aromatic rings. The number of nitrogens with two attached hydrogens (primary N) is 1. The summed E-state index contributed by atoms with van der Waals surface area (Å²) in [5.74, 6) is 2.96. The molecule has 0 saturated heterocycles. The average molecular weight is 1610 g/mol. The first-order valence-electron chi connectivity index (χ1n) is 36.6. The summed E-state index contributed by atoms with van der Waals surface area (Å²) in [4.78, 5) is 125. The van der Waals surface area contributed by atoms with Crippen LogP contribution in [0.4, 0.5) is 69.2 Å². The van der Waals surface area contributed by atoms with Gasteiger partial charge in [-0.15, -0.1) is 0 Å². The third-order valence-electron chi connectivity index (χ3n) is 16.8. The Hall–Kier alpha value is -14.6. The summed E-state index contributed by atoms with van der Waals surface area (Å²) >= 11 is 0. The number of halogens is 2. The van der Waals surface area contributed by atoms with Gasteiger partial charge in [0.2, 0.25) is 0 Å². The first kappa shape index (κ1) is 89.0. The van der Waals surface area contributed by atoms with E-state index in [1.807, 2.05) is 124 Å². The molecule has 118 heavy (non-hydrogen) atoms. The van der Waals surface area contributed by atoms with Crippen molar-refractivity contribution in [1.82, 2.24) is 39.9 Å². The third-order valence-corrected chi connectivity index (χ3v) is 16.8. The van der Waals surface area contributed by atoms with Crippen LogP contribution in [0.2, 0.25) is 0 Å². The lowest BCUT2D eigenvalue weighted by Gasteiger charge is -2.16.